The van der Waals surface area contributed by atoms with Gasteiger partial charge in [-0.05, 0) is 42.7 Å². The van der Waals surface area contributed by atoms with E-state index in [0.717, 1.165) is 25.0 Å². The normalized spacial score (nSPS) is 13.8. The number of hydrogen-bond donors (Lipinski definition) is 2. The van der Waals surface area contributed by atoms with Gasteiger partial charge in [0.15, 0.2) is 0 Å². The Bertz CT molecular complexity index is 639. The van der Waals surface area contributed by atoms with Crippen LogP contribution in [0.15, 0.2) is 48.6 Å². The number of rotatable bonds is 17. The predicted octanol–water partition coefficient (Wildman–Crippen LogP) is 7.57. The number of carbonyl (C=O) groups is 1. The smallest absolute Gasteiger partial charge is 0.335 e. The minimum absolute atomic E-state index is 0.0937. The number of benzene rings is 1. The fourth-order valence-corrected chi connectivity index (χ4v) is 4.50. The first-order valence-electron chi connectivity index (χ1n) is 11.6. The van der Waals surface area contributed by atoms with Crippen molar-refractivity contribution >= 4 is 17.7 Å². The number of thioether (sulfide) groups is 1. The standard InChI is InChI=1S/C26H40O3S/c1-3-5-7-8-9-10-11-12-13-14-15-19-24(30-20-6-4-2)25(27)22-17-16-18-23(21-22)26(28)29/h13-19,21,24-25,27H,3-12,20H2,1-2H3,(H,28,29)/b14-13-,19-15+. The maximum absolute atomic E-state index is 11.2. The molecule has 2 N–H and O–H groups in total. The van der Waals surface area contributed by atoms with E-state index in [0.29, 0.717) is 5.56 Å². The zero-order valence-corrected chi connectivity index (χ0v) is 19.6. The molecule has 0 aliphatic rings. The number of hydrogen-bond acceptors (Lipinski definition) is 3. The van der Waals surface area contributed by atoms with Crippen molar-refractivity contribution in [3.63, 3.8) is 0 Å². The summed E-state index contributed by atoms with van der Waals surface area (Å²) in [5.41, 5.74) is 0.864. The van der Waals surface area contributed by atoms with Crippen LogP contribution in [0, 0.1) is 0 Å². The monoisotopic (exact) mass is 432 g/mol. The minimum Gasteiger partial charge on any atom is -0.478 e. The van der Waals surface area contributed by atoms with E-state index in [1.807, 2.05) is 12.2 Å². The number of carboxylic acids is 1. The Morgan fingerprint density at radius 2 is 1.70 bits per heavy atom. The first-order chi connectivity index (χ1) is 14.6. The molecular formula is C26H40O3S. The quantitative estimate of drug-likeness (QED) is 0.197. The highest BCUT2D eigenvalue weighted by Crippen LogP contribution is 2.29. The maximum Gasteiger partial charge on any atom is 0.335 e. The Morgan fingerprint density at radius 3 is 2.40 bits per heavy atom. The van der Waals surface area contributed by atoms with Crippen molar-refractivity contribution in [3.05, 3.63) is 59.7 Å². The van der Waals surface area contributed by atoms with Gasteiger partial charge in [0.05, 0.1) is 16.9 Å². The molecular weight excluding hydrogens is 392 g/mol. The number of carboxylic acid groups (broad SMARTS) is 1. The molecule has 0 aromatic heterocycles. The molecule has 2 atom stereocenters. The van der Waals surface area contributed by atoms with Crippen molar-refractivity contribution in [2.24, 2.45) is 0 Å². The second-order valence-electron chi connectivity index (χ2n) is 7.79. The SMILES string of the molecule is CCCCCCCCC/C=C\C=C\C(SCCCC)C(O)c1cccc(C(=O)O)c1. The van der Waals surface area contributed by atoms with Crippen LogP contribution in [0.2, 0.25) is 0 Å². The summed E-state index contributed by atoms with van der Waals surface area (Å²) in [6, 6.07) is 6.63. The molecule has 1 rings (SSSR count). The highest BCUT2D eigenvalue weighted by Gasteiger charge is 2.19. The Balaban J connectivity index is 2.54. The Hall–Kier alpha value is -1.52. The van der Waals surface area contributed by atoms with E-state index in [-0.39, 0.29) is 10.8 Å². The summed E-state index contributed by atoms with van der Waals surface area (Å²) in [6.45, 7) is 4.40. The lowest BCUT2D eigenvalue weighted by atomic mass is 10.0. The zero-order chi connectivity index (χ0) is 22.0. The fraction of sp³-hybridized carbons (Fsp3) is 0.577. The summed E-state index contributed by atoms with van der Waals surface area (Å²) in [5.74, 6) is 0.00576. The molecule has 0 heterocycles. The molecule has 2 unspecified atom stereocenters. The summed E-state index contributed by atoms with van der Waals surface area (Å²) < 4.78 is 0. The molecule has 0 radical (unpaired) electrons. The summed E-state index contributed by atoms with van der Waals surface area (Å²) in [6.07, 6.45) is 20.2. The summed E-state index contributed by atoms with van der Waals surface area (Å²) in [4.78, 5) is 11.2. The van der Waals surface area contributed by atoms with Crippen LogP contribution >= 0.6 is 11.8 Å². The van der Waals surface area contributed by atoms with Crippen LogP contribution < -0.4 is 0 Å². The van der Waals surface area contributed by atoms with Gasteiger partial charge >= 0.3 is 5.97 Å². The first-order valence-corrected chi connectivity index (χ1v) is 12.6. The molecule has 4 heteroatoms. The lowest BCUT2D eigenvalue weighted by Gasteiger charge is -2.20. The topological polar surface area (TPSA) is 57.5 Å². The van der Waals surface area contributed by atoms with E-state index in [1.54, 1.807) is 36.0 Å². The van der Waals surface area contributed by atoms with Gasteiger partial charge < -0.3 is 10.2 Å². The molecule has 0 amide bonds. The van der Waals surface area contributed by atoms with Crippen LogP contribution in [0.25, 0.3) is 0 Å². The molecule has 0 aliphatic carbocycles. The fourth-order valence-electron chi connectivity index (χ4n) is 3.23. The average molecular weight is 433 g/mol. The van der Waals surface area contributed by atoms with E-state index in [1.165, 1.54) is 44.9 Å². The van der Waals surface area contributed by atoms with Gasteiger partial charge in [0.1, 0.15) is 0 Å². The number of allylic oxidation sites excluding steroid dienone is 3. The van der Waals surface area contributed by atoms with Crippen molar-refractivity contribution < 1.29 is 15.0 Å². The van der Waals surface area contributed by atoms with Crippen molar-refractivity contribution in [2.75, 3.05) is 5.75 Å². The second kappa shape index (κ2) is 17.2. The van der Waals surface area contributed by atoms with Gasteiger partial charge in [0.25, 0.3) is 0 Å². The molecule has 0 saturated carbocycles. The molecule has 30 heavy (non-hydrogen) atoms. The number of unbranched alkanes of at least 4 members (excludes halogenated alkanes) is 8. The summed E-state index contributed by atoms with van der Waals surface area (Å²) in [7, 11) is 0. The van der Waals surface area contributed by atoms with Gasteiger partial charge in [-0.25, -0.2) is 4.79 Å². The third-order valence-electron chi connectivity index (χ3n) is 5.12. The Labute approximate surface area is 187 Å². The molecule has 0 fully saturated rings. The highest BCUT2D eigenvalue weighted by atomic mass is 32.2. The first kappa shape index (κ1) is 26.5. The van der Waals surface area contributed by atoms with Crippen molar-refractivity contribution in [1.29, 1.82) is 0 Å². The van der Waals surface area contributed by atoms with E-state index in [9.17, 15) is 15.0 Å². The molecule has 0 aliphatic heterocycles. The van der Waals surface area contributed by atoms with Crippen LogP contribution in [0.1, 0.15) is 100 Å². The molecule has 0 bridgehead atoms. The Morgan fingerprint density at radius 1 is 1.00 bits per heavy atom. The lowest BCUT2D eigenvalue weighted by Crippen LogP contribution is -2.14. The number of aromatic carboxylic acids is 1. The van der Waals surface area contributed by atoms with Crippen LogP contribution in [0.3, 0.4) is 0 Å². The van der Waals surface area contributed by atoms with Crippen LogP contribution in [-0.2, 0) is 0 Å². The predicted molar refractivity (Wildman–Crippen MR) is 130 cm³/mol. The molecule has 1 aromatic carbocycles. The van der Waals surface area contributed by atoms with Gasteiger partial charge in [-0.2, -0.15) is 11.8 Å². The second-order valence-corrected chi connectivity index (χ2v) is 9.07. The number of aliphatic hydroxyl groups is 1. The van der Waals surface area contributed by atoms with Gasteiger partial charge in [-0.1, -0.05) is 95.2 Å². The van der Waals surface area contributed by atoms with E-state index in [2.05, 4.69) is 26.0 Å². The highest BCUT2D eigenvalue weighted by molar-refractivity contribution is 8.00. The van der Waals surface area contributed by atoms with Gasteiger partial charge in [-0.3, -0.25) is 0 Å². The summed E-state index contributed by atoms with van der Waals surface area (Å²) >= 11 is 1.73. The van der Waals surface area contributed by atoms with Crippen molar-refractivity contribution in [2.45, 2.75) is 89.4 Å². The van der Waals surface area contributed by atoms with Crippen molar-refractivity contribution in [3.8, 4) is 0 Å². The van der Waals surface area contributed by atoms with Crippen LogP contribution in [0.5, 0.6) is 0 Å². The largest absolute Gasteiger partial charge is 0.478 e. The third kappa shape index (κ3) is 11.6. The van der Waals surface area contributed by atoms with Gasteiger partial charge in [0, 0.05) is 0 Å². The Kier molecular flexibility index (Phi) is 15.2. The molecule has 3 nitrogen and oxygen atoms in total. The van der Waals surface area contributed by atoms with E-state index in [4.69, 9.17) is 0 Å². The van der Waals surface area contributed by atoms with Crippen LogP contribution in [0.4, 0.5) is 0 Å². The van der Waals surface area contributed by atoms with E-state index < -0.39 is 12.1 Å². The summed E-state index contributed by atoms with van der Waals surface area (Å²) in [5, 5.41) is 20.0. The van der Waals surface area contributed by atoms with Crippen LogP contribution in [-0.4, -0.2) is 27.2 Å². The molecule has 0 spiro atoms. The molecule has 0 saturated heterocycles. The average Bonchev–Trinajstić information content (AvgIpc) is 2.76. The number of aliphatic hydroxyl groups excluding tert-OH is 1. The molecule has 1 aromatic rings. The molecule has 168 valence electrons. The zero-order valence-electron chi connectivity index (χ0n) is 18.8. The minimum atomic E-state index is -0.969. The van der Waals surface area contributed by atoms with Gasteiger partial charge in [-0.15, -0.1) is 0 Å². The third-order valence-corrected chi connectivity index (χ3v) is 6.44. The van der Waals surface area contributed by atoms with E-state index >= 15 is 0 Å². The van der Waals surface area contributed by atoms with Gasteiger partial charge in [0.2, 0.25) is 0 Å². The lowest BCUT2D eigenvalue weighted by molar-refractivity contribution is 0.0696. The van der Waals surface area contributed by atoms with Crippen molar-refractivity contribution in [1.82, 2.24) is 0 Å². The maximum atomic E-state index is 11.2.